The average Bonchev–Trinajstić information content (AvgIpc) is 2.50. The topological polar surface area (TPSA) is 49.8 Å². The fourth-order valence-electron chi connectivity index (χ4n) is 2.93. The van der Waals surface area contributed by atoms with Gasteiger partial charge in [0, 0.05) is 13.1 Å². The third-order valence-electron chi connectivity index (χ3n) is 4.18. The molecule has 0 aliphatic carbocycles. The average molecular weight is 328 g/mol. The number of hydrogen-bond acceptors (Lipinski definition) is 3. The molecule has 124 valence electrons. The fraction of sp³-hybridized carbons (Fsp3) is 0.588. The van der Waals surface area contributed by atoms with E-state index in [0.29, 0.717) is 6.42 Å². The summed E-state index contributed by atoms with van der Waals surface area (Å²) >= 11 is 0. The van der Waals surface area contributed by atoms with Crippen molar-refractivity contribution in [1.82, 2.24) is 4.90 Å². The largest absolute Gasteiger partial charge is 0.480 e. The number of likely N-dealkylation sites (tertiary alicyclic amines) is 1. The van der Waals surface area contributed by atoms with Gasteiger partial charge in [0.05, 0.1) is 12.7 Å². The number of carbonyl (C=O) groups is 1. The second-order valence-electron chi connectivity index (χ2n) is 5.60. The lowest BCUT2D eigenvalue weighted by molar-refractivity contribution is -0.144. The summed E-state index contributed by atoms with van der Waals surface area (Å²) in [5, 5.41) is 9.19. The number of carboxylic acids is 1. The second-order valence-corrected chi connectivity index (χ2v) is 5.60. The number of benzene rings is 1. The number of aliphatic carboxylic acids is 1. The predicted octanol–water partition coefficient (Wildman–Crippen LogP) is 3.00. The summed E-state index contributed by atoms with van der Waals surface area (Å²) in [4.78, 5) is 13.2. The first-order valence-corrected chi connectivity index (χ1v) is 7.83. The van der Waals surface area contributed by atoms with E-state index in [1.54, 1.807) is 0 Å². The zero-order chi connectivity index (χ0) is 15.1. The molecule has 0 aromatic heterocycles. The zero-order valence-corrected chi connectivity index (χ0v) is 13.9. The molecule has 1 aliphatic heterocycles. The van der Waals surface area contributed by atoms with Gasteiger partial charge in [-0.3, -0.25) is 9.69 Å². The molecule has 2 rings (SSSR count). The highest BCUT2D eigenvalue weighted by Crippen LogP contribution is 2.18. The van der Waals surface area contributed by atoms with Crippen molar-refractivity contribution in [3.8, 4) is 0 Å². The van der Waals surface area contributed by atoms with Crippen LogP contribution in [0.3, 0.4) is 0 Å². The van der Waals surface area contributed by atoms with E-state index in [4.69, 9.17) is 4.74 Å². The zero-order valence-electron chi connectivity index (χ0n) is 13.1. The van der Waals surface area contributed by atoms with Crippen LogP contribution in [-0.2, 0) is 16.0 Å². The third kappa shape index (κ3) is 5.59. The molecule has 0 amide bonds. The summed E-state index contributed by atoms with van der Waals surface area (Å²) < 4.78 is 5.93. The lowest BCUT2D eigenvalue weighted by atomic mass is 10.0. The quantitative estimate of drug-likeness (QED) is 0.836. The Balaban J connectivity index is 0.00000242. The van der Waals surface area contributed by atoms with E-state index in [1.165, 1.54) is 5.56 Å². The van der Waals surface area contributed by atoms with E-state index in [-0.39, 0.29) is 24.6 Å². The predicted molar refractivity (Wildman–Crippen MR) is 89.7 cm³/mol. The Morgan fingerprint density at radius 2 is 1.95 bits per heavy atom. The molecule has 1 aliphatic rings. The molecule has 4 nitrogen and oxygen atoms in total. The van der Waals surface area contributed by atoms with Gasteiger partial charge in [-0.2, -0.15) is 0 Å². The molecule has 1 atom stereocenters. The van der Waals surface area contributed by atoms with Crippen molar-refractivity contribution in [3.63, 3.8) is 0 Å². The lowest BCUT2D eigenvalue weighted by Gasteiger charge is -2.35. The summed E-state index contributed by atoms with van der Waals surface area (Å²) in [5.74, 6) is -0.707. The van der Waals surface area contributed by atoms with E-state index in [9.17, 15) is 9.90 Å². The molecule has 0 radical (unpaired) electrons. The van der Waals surface area contributed by atoms with Crippen molar-refractivity contribution >= 4 is 18.4 Å². The van der Waals surface area contributed by atoms with Crippen molar-refractivity contribution in [3.05, 3.63) is 35.9 Å². The van der Waals surface area contributed by atoms with Crippen LogP contribution in [0.1, 0.15) is 31.7 Å². The molecule has 1 unspecified atom stereocenters. The second kappa shape index (κ2) is 9.82. The van der Waals surface area contributed by atoms with Gasteiger partial charge in [-0.25, -0.2) is 0 Å². The van der Waals surface area contributed by atoms with Gasteiger partial charge in [0.2, 0.25) is 0 Å². The molecule has 0 saturated carbocycles. The van der Waals surface area contributed by atoms with Crippen LogP contribution in [0, 0.1) is 0 Å². The maximum absolute atomic E-state index is 11.2. The van der Waals surface area contributed by atoms with Gasteiger partial charge in [-0.15, -0.1) is 12.4 Å². The van der Waals surface area contributed by atoms with Gasteiger partial charge in [0.1, 0.15) is 6.04 Å². The van der Waals surface area contributed by atoms with Gasteiger partial charge in [0.15, 0.2) is 0 Å². The molecule has 1 N–H and O–H groups in total. The van der Waals surface area contributed by atoms with E-state index in [0.717, 1.165) is 39.0 Å². The first-order chi connectivity index (χ1) is 10.2. The van der Waals surface area contributed by atoms with Crippen molar-refractivity contribution in [2.75, 3.05) is 19.7 Å². The summed E-state index contributed by atoms with van der Waals surface area (Å²) in [6.07, 6.45) is 3.73. The smallest absolute Gasteiger partial charge is 0.320 e. The minimum atomic E-state index is -0.707. The first kappa shape index (κ1) is 18.9. The fourth-order valence-corrected chi connectivity index (χ4v) is 2.93. The maximum Gasteiger partial charge on any atom is 0.320 e. The van der Waals surface area contributed by atoms with Crippen LogP contribution in [0.4, 0.5) is 0 Å². The number of nitrogens with zero attached hydrogens (tertiary/aromatic N) is 1. The van der Waals surface area contributed by atoms with E-state index in [1.807, 2.05) is 25.1 Å². The highest BCUT2D eigenvalue weighted by molar-refractivity contribution is 5.85. The third-order valence-corrected chi connectivity index (χ3v) is 4.18. The Labute approximate surface area is 138 Å². The van der Waals surface area contributed by atoms with Crippen LogP contribution in [-0.4, -0.2) is 47.8 Å². The van der Waals surface area contributed by atoms with Crippen LogP contribution in [0.5, 0.6) is 0 Å². The summed E-state index contributed by atoms with van der Waals surface area (Å²) in [6, 6.07) is 10.0. The standard InChI is InChI=1S/C17H25NO3.ClH/c1-2-16(17(19)20)18-11-8-15(9-12-18)21-13-10-14-6-4-3-5-7-14;/h3-7,15-16H,2,8-13H2,1H3,(H,19,20);1H. The SMILES string of the molecule is CCC(C(=O)O)N1CCC(OCCc2ccccc2)CC1.Cl. The number of carboxylic acid groups (broad SMARTS) is 1. The molecule has 1 saturated heterocycles. The molecular weight excluding hydrogens is 302 g/mol. The molecule has 1 fully saturated rings. The molecule has 0 spiro atoms. The van der Waals surface area contributed by atoms with Crippen LogP contribution < -0.4 is 0 Å². The molecule has 5 heteroatoms. The van der Waals surface area contributed by atoms with Crippen LogP contribution >= 0.6 is 12.4 Å². The number of halogens is 1. The van der Waals surface area contributed by atoms with Crippen molar-refractivity contribution < 1.29 is 14.6 Å². The Morgan fingerprint density at radius 3 is 2.50 bits per heavy atom. The molecule has 22 heavy (non-hydrogen) atoms. The minimum absolute atomic E-state index is 0. The normalized spacial score (nSPS) is 17.7. The minimum Gasteiger partial charge on any atom is -0.480 e. The van der Waals surface area contributed by atoms with Crippen molar-refractivity contribution in [1.29, 1.82) is 0 Å². The highest BCUT2D eigenvalue weighted by atomic mass is 35.5. The Bertz CT molecular complexity index is 433. The van der Waals surface area contributed by atoms with Crippen LogP contribution in [0.25, 0.3) is 0 Å². The Hall–Kier alpha value is -1.10. The summed E-state index contributed by atoms with van der Waals surface area (Å²) in [6.45, 7) is 4.31. The number of hydrogen-bond donors (Lipinski definition) is 1. The summed E-state index contributed by atoms with van der Waals surface area (Å²) in [5.41, 5.74) is 1.30. The van der Waals surface area contributed by atoms with Crippen LogP contribution in [0.2, 0.25) is 0 Å². The van der Waals surface area contributed by atoms with E-state index >= 15 is 0 Å². The van der Waals surface area contributed by atoms with Gasteiger partial charge in [-0.05, 0) is 31.2 Å². The Kier molecular flexibility index (Phi) is 8.46. The van der Waals surface area contributed by atoms with Gasteiger partial charge >= 0.3 is 5.97 Å². The Morgan fingerprint density at radius 1 is 1.32 bits per heavy atom. The number of piperidine rings is 1. The number of ether oxygens (including phenoxy) is 1. The van der Waals surface area contributed by atoms with Gasteiger partial charge < -0.3 is 9.84 Å². The monoisotopic (exact) mass is 327 g/mol. The summed E-state index contributed by atoms with van der Waals surface area (Å²) in [7, 11) is 0. The van der Waals surface area contributed by atoms with E-state index < -0.39 is 5.97 Å². The number of rotatable bonds is 7. The molecule has 0 bridgehead atoms. The highest BCUT2D eigenvalue weighted by Gasteiger charge is 2.28. The van der Waals surface area contributed by atoms with Gasteiger partial charge in [0.25, 0.3) is 0 Å². The molecule has 1 heterocycles. The molecule has 1 aromatic carbocycles. The van der Waals surface area contributed by atoms with Gasteiger partial charge in [-0.1, -0.05) is 37.3 Å². The van der Waals surface area contributed by atoms with E-state index in [2.05, 4.69) is 17.0 Å². The van der Waals surface area contributed by atoms with Crippen LogP contribution in [0.15, 0.2) is 30.3 Å². The molecule has 1 aromatic rings. The lowest BCUT2D eigenvalue weighted by Crippen LogP contribution is -2.46. The van der Waals surface area contributed by atoms with Crippen molar-refractivity contribution in [2.24, 2.45) is 0 Å². The maximum atomic E-state index is 11.2. The van der Waals surface area contributed by atoms with Crippen molar-refractivity contribution in [2.45, 2.75) is 44.8 Å². The first-order valence-electron chi connectivity index (χ1n) is 7.83. The molecular formula is C17H26ClNO3.